The lowest BCUT2D eigenvalue weighted by Crippen LogP contribution is -1.79. The van der Waals surface area contributed by atoms with E-state index < -0.39 is 0 Å². The van der Waals surface area contributed by atoms with Gasteiger partial charge in [0.05, 0.1) is 10.0 Å². The number of benzene rings is 1. The summed E-state index contributed by atoms with van der Waals surface area (Å²) < 4.78 is 0. The molecule has 0 saturated carbocycles. The van der Waals surface area contributed by atoms with Gasteiger partial charge in [0.25, 0.3) is 0 Å². The summed E-state index contributed by atoms with van der Waals surface area (Å²) in [6, 6.07) is 3.74. The molecule has 0 aliphatic heterocycles. The Hall–Kier alpha value is -0.460. The summed E-state index contributed by atoms with van der Waals surface area (Å²) in [7, 11) is 0. The van der Waals surface area contributed by atoms with Crippen LogP contribution >= 0.6 is 23.2 Å². The maximum atomic E-state index is 5.84. The van der Waals surface area contributed by atoms with Crippen LogP contribution < -0.4 is 0 Å². The second-order valence-electron chi connectivity index (χ2n) is 2.34. The summed E-state index contributed by atoms with van der Waals surface area (Å²) >= 11 is 11.7. The van der Waals surface area contributed by atoms with Crippen LogP contribution in [0.3, 0.4) is 0 Å². The normalized spacial score (nSPS) is 9.73. The molecule has 0 radical (unpaired) electrons. The highest BCUT2D eigenvalue weighted by atomic mass is 35.5. The zero-order valence-corrected chi connectivity index (χ0v) is 7.71. The van der Waals surface area contributed by atoms with Crippen LogP contribution in [0.15, 0.2) is 18.7 Å². The standard InChI is InChI=1S/C9H8Cl2/c1-3-7-4-6(2)9(11)8(10)5-7/h3-5H,1H2,2H3. The first-order valence-electron chi connectivity index (χ1n) is 3.23. The van der Waals surface area contributed by atoms with E-state index >= 15 is 0 Å². The Kier molecular flexibility index (Phi) is 2.58. The van der Waals surface area contributed by atoms with Crippen molar-refractivity contribution in [2.75, 3.05) is 0 Å². The van der Waals surface area contributed by atoms with Crippen molar-refractivity contribution >= 4 is 29.3 Å². The van der Waals surface area contributed by atoms with Crippen molar-refractivity contribution in [3.8, 4) is 0 Å². The molecule has 0 unspecified atom stereocenters. The molecule has 0 fully saturated rings. The second kappa shape index (κ2) is 3.29. The lowest BCUT2D eigenvalue weighted by Gasteiger charge is -2.01. The first kappa shape index (κ1) is 8.63. The highest BCUT2D eigenvalue weighted by Gasteiger charge is 2.01. The Morgan fingerprint density at radius 3 is 2.45 bits per heavy atom. The van der Waals surface area contributed by atoms with Crippen LogP contribution in [0, 0.1) is 6.92 Å². The fourth-order valence-corrected chi connectivity index (χ4v) is 1.26. The largest absolute Gasteiger partial charge is 0.0985 e. The minimum atomic E-state index is 0.585. The molecular weight excluding hydrogens is 179 g/mol. The third-order valence-electron chi connectivity index (χ3n) is 1.47. The molecule has 1 aromatic carbocycles. The van der Waals surface area contributed by atoms with E-state index in [0.29, 0.717) is 10.0 Å². The average Bonchev–Trinajstić information content (AvgIpc) is 1.99. The van der Waals surface area contributed by atoms with Gasteiger partial charge in [0, 0.05) is 0 Å². The highest BCUT2D eigenvalue weighted by Crippen LogP contribution is 2.27. The first-order chi connectivity index (χ1) is 5.15. The van der Waals surface area contributed by atoms with Crippen molar-refractivity contribution in [3.63, 3.8) is 0 Å². The summed E-state index contributed by atoms with van der Waals surface area (Å²) in [4.78, 5) is 0. The maximum Gasteiger partial charge on any atom is 0.0621 e. The predicted molar refractivity (Wildman–Crippen MR) is 51.3 cm³/mol. The van der Waals surface area contributed by atoms with E-state index in [4.69, 9.17) is 23.2 Å². The van der Waals surface area contributed by atoms with Crippen LogP contribution in [0.1, 0.15) is 11.1 Å². The number of hydrogen-bond donors (Lipinski definition) is 0. The van der Waals surface area contributed by atoms with Gasteiger partial charge in [-0.15, -0.1) is 0 Å². The molecule has 0 nitrogen and oxygen atoms in total. The van der Waals surface area contributed by atoms with Gasteiger partial charge in [0.15, 0.2) is 0 Å². The molecule has 2 heteroatoms. The molecule has 1 aromatic rings. The van der Waals surface area contributed by atoms with E-state index in [-0.39, 0.29) is 0 Å². The highest BCUT2D eigenvalue weighted by molar-refractivity contribution is 6.42. The van der Waals surface area contributed by atoms with Gasteiger partial charge in [-0.2, -0.15) is 0 Å². The molecule has 0 heterocycles. The Balaban J connectivity index is 3.31. The number of aryl methyl sites for hydroxylation is 1. The summed E-state index contributed by atoms with van der Waals surface area (Å²) in [5.41, 5.74) is 1.98. The molecule has 11 heavy (non-hydrogen) atoms. The van der Waals surface area contributed by atoms with Crippen LogP contribution in [0.4, 0.5) is 0 Å². The van der Waals surface area contributed by atoms with Gasteiger partial charge < -0.3 is 0 Å². The van der Waals surface area contributed by atoms with Gasteiger partial charge >= 0.3 is 0 Å². The topological polar surface area (TPSA) is 0 Å². The van der Waals surface area contributed by atoms with Crippen molar-refractivity contribution in [2.24, 2.45) is 0 Å². The van der Waals surface area contributed by atoms with Gasteiger partial charge in [0.2, 0.25) is 0 Å². The average molecular weight is 187 g/mol. The second-order valence-corrected chi connectivity index (χ2v) is 3.12. The van der Waals surface area contributed by atoms with Crippen molar-refractivity contribution in [3.05, 3.63) is 39.9 Å². The Bertz CT molecular complexity index is 267. The lowest BCUT2D eigenvalue weighted by molar-refractivity contribution is 1.46. The van der Waals surface area contributed by atoms with E-state index in [0.717, 1.165) is 11.1 Å². The Morgan fingerprint density at radius 1 is 1.36 bits per heavy atom. The fourth-order valence-electron chi connectivity index (χ4n) is 0.871. The molecule has 58 valence electrons. The van der Waals surface area contributed by atoms with Crippen LogP contribution in [0.2, 0.25) is 10.0 Å². The van der Waals surface area contributed by atoms with Crippen LogP contribution in [0.5, 0.6) is 0 Å². The molecule has 0 atom stereocenters. The van der Waals surface area contributed by atoms with Gasteiger partial charge in [-0.05, 0) is 24.1 Å². The zero-order chi connectivity index (χ0) is 8.43. The lowest BCUT2D eigenvalue weighted by atomic mass is 10.1. The van der Waals surface area contributed by atoms with Gasteiger partial charge in [0.1, 0.15) is 0 Å². The molecule has 0 aromatic heterocycles. The molecule has 0 saturated heterocycles. The van der Waals surface area contributed by atoms with E-state index in [2.05, 4.69) is 6.58 Å². The molecule has 0 aliphatic carbocycles. The zero-order valence-electron chi connectivity index (χ0n) is 6.20. The van der Waals surface area contributed by atoms with E-state index in [9.17, 15) is 0 Å². The third-order valence-corrected chi connectivity index (χ3v) is 2.36. The quantitative estimate of drug-likeness (QED) is 0.624. The summed E-state index contributed by atoms with van der Waals surface area (Å²) in [5.74, 6) is 0. The predicted octanol–water partition coefficient (Wildman–Crippen LogP) is 3.94. The molecular formula is C9H8Cl2. The molecule has 0 bridgehead atoms. The molecule has 0 N–H and O–H groups in total. The van der Waals surface area contributed by atoms with Gasteiger partial charge in [-0.25, -0.2) is 0 Å². The minimum Gasteiger partial charge on any atom is -0.0985 e. The first-order valence-corrected chi connectivity index (χ1v) is 3.99. The molecule has 1 rings (SSSR count). The van der Waals surface area contributed by atoms with Gasteiger partial charge in [-0.3, -0.25) is 0 Å². The third kappa shape index (κ3) is 1.76. The molecule has 0 spiro atoms. The van der Waals surface area contributed by atoms with Crippen molar-refractivity contribution < 1.29 is 0 Å². The molecule has 0 amide bonds. The van der Waals surface area contributed by atoms with Crippen molar-refractivity contribution in [2.45, 2.75) is 6.92 Å². The maximum absolute atomic E-state index is 5.84. The van der Waals surface area contributed by atoms with Gasteiger partial charge in [-0.1, -0.05) is 41.9 Å². The van der Waals surface area contributed by atoms with Crippen LogP contribution in [-0.4, -0.2) is 0 Å². The summed E-state index contributed by atoms with van der Waals surface area (Å²) in [6.45, 7) is 5.56. The van der Waals surface area contributed by atoms with E-state index in [1.165, 1.54) is 0 Å². The number of halogens is 2. The van der Waals surface area contributed by atoms with Crippen molar-refractivity contribution in [1.29, 1.82) is 0 Å². The van der Waals surface area contributed by atoms with E-state index in [1.54, 1.807) is 12.1 Å². The smallest absolute Gasteiger partial charge is 0.0621 e. The number of hydrogen-bond acceptors (Lipinski definition) is 0. The fraction of sp³-hybridized carbons (Fsp3) is 0.111. The minimum absolute atomic E-state index is 0.585. The summed E-state index contributed by atoms with van der Waals surface area (Å²) in [5, 5.41) is 1.21. The Labute approximate surface area is 76.4 Å². The van der Waals surface area contributed by atoms with Crippen LogP contribution in [-0.2, 0) is 0 Å². The van der Waals surface area contributed by atoms with Crippen molar-refractivity contribution in [1.82, 2.24) is 0 Å². The van der Waals surface area contributed by atoms with Crippen LogP contribution in [0.25, 0.3) is 6.08 Å². The SMILES string of the molecule is C=Cc1cc(C)c(Cl)c(Cl)c1. The Morgan fingerprint density at radius 2 is 2.00 bits per heavy atom. The monoisotopic (exact) mass is 186 g/mol. The number of rotatable bonds is 1. The summed E-state index contributed by atoms with van der Waals surface area (Å²) in [6.07, 6.45) is 1.75. The molecule has 0 aliphatic rings. The van der Waals surface area contributed by atoms with E-state index in [1.807, 2.05) is 13.0 Å².